The number of rotatable bonds is 6. The number of halogens is 1. The lowest BCUT2D eigenvalue weighted by Crippen LogP contribution is -2.63. The van der Waals surface area contributed by atoms with Gasteiger partial charge in [-0.1, -0.05) is 18.2 Å². The quantitative estimate of drug-likeness (QED) is 0.505. The Morgan fingerprint density at radius 3 is 2.53 bits per heavy atom. The zero-order valence-electron chi connectivity index (χ0n) is 22.5. The van der Waals surface area contributed by atoms with E-state index in [1.165, 1.54) is 18.7 Å². The molecule has 3 N–H and O–H groups in total. The van der Waals surface area contributed by atoms with E-state index in [1.807, 2.05) is 24.3 Å². The third-order valence-corrected chi connectivity index (χ3v) is 7.71. The number of hydrogen-bond acceptors (Lipinski definition) is 6. The molecule has 0 spiro atoms. The number of alkyl halides is 1. The highest BCUT2D eigenvalue weighted by Gasteiger charge is 2.47. The molecule has 0 radical (unpaired) electrons. The predicted molar refractivity (Wildman–Crippen MR) is 138 cm³/mol. The number of nitrogens with zero attached hydrogens (tertiary/aromatic N) is 2. The van der Waals surface area contributed by atoms with E-state index in [4.69, 9.17) is 4.74 Å². The van der Waals surface area contributed by atoms with E-state index in [9.17, 15) is 23.6 Å². The van der Waals surface area contributed by atoms with Gasteiger partial charge in [-0.25, -0.2) is 4.39 Å². The summed E-state index contributed by atoms with van der Waals surface area (Å²) in [5.74, 6) is -1.11. The number of hydrogen-bond donors (Lipinski definition) is 3. The Morgan fingerprint density at radius 1 is 1.08 bits per heavy atom. The molecule has 0 unspecified atom stereocenters. The Balaban J connectivity index is 1.56. The minimum absolute atomic E-state index is 0.169. The number of amides is 4. The second-order valence-electron chi connectivity index (χ2n) is 10.8. The highest BCUT2D eigenvalue weighted by molar-refractivity contribution is 5.94. The molecule has 2 saturated heterocycles. The summed E-state index contributed by atoms with van der Waals surface area (Å²) >= 11 is 0. The number of ether oxygens (including phenoxy) is 1. The van der Waals surface area contributed by atoms with Crippen molar-refractivity contribution in [2.75, 3.05) is 26.7 Å². The number of para-hydroxylation sites is 1. The fourth-order valence-corrected chi connectivity index (χ4v) is 5.49. The van der Waals surface area contributed by atoms with Crippen LogP contribution in [0.2, 0.25) is 0 Å². The van der Waals surface area contributed by atoms with Crippen molar-refractivity contribution in [3.8, 4) is 5.75 Å². The zero-order valence-corrected chi connectivity index (χ0v) is 22.5. The highest BCUT2D eigenvalue weighted by atomic mass is 19.1. The van der Waals surface area contributed by atoms with Gasteiger partial charge in [0.05, 0.1) is 25.2 Å². The van der Waals surface area contributed by atoms with Crippen molar-refractivity contribution in [3.63, 3.8) is 0 Å². The summed E-state index contributed by atoms with van der Waals surface area (Å²) in [6.45, 7) is 4.54. The van der Waals surface area contributed by atoms with Gasteiger partial charge in [-0.3, -0.25) is 19.2 Å². The number of carbonyl (C=O) groups is 4. The Morgan fingerprint density at radius 2 is 1.82 bits per heavy atom. The summed E-state index contributed by atoms with van der Waals surface area (Å²) < 4.78 is 20.3. The van der Waals surface area contributed by atoms with Crippen LogP contribution in [0, 0.1) is 0 Å². The van der Waals surface area contributed by atoms with Crippen molar-refractivity contribution in [2.24, 2.45) is 0 Å². The van der Waals surface area contributed by atoms with Crippen LogP contribution in [0.5, 0.6) is 5.75 Å². The van der Waals surface area contributed by atoms with Gasteiger partial charge >= 0.3 is 0 Å². The monoisotopic (exact) mass is 531 g/mol. The summed E-state index contributed by atoms with van der Waals surface area (Å²) in [5.41, 5.74) is -1.22. The van der Waals surface area contributed by atoms with Gasteiger partial charge in [0.25, 0.3) is 5.91 Å². The Bertz CT molecular complexity index is 1080. The molecule has 1 aromatic carbocycles. The first-order valence-corrected chi connectivity index (χ1v) is 13.3. The summed E-state index contributed by atoms with van der Waals surface area (Å²) in [7, 11) is 1.62. The lowest BCUT2D eigenvalue weighted by atomic mass is 10.00. The summed E-state index contributed by atoms with van der Waals surface area (Å²) in [4.78, 5) is 55.9. The van der Waals surface area contributed by atoms with Crippen molar-refractivity contribution >= 4 is 23.6 Å². The van der Waals surface area contributed by atoms with E-state index in [-0.39, 0.29) is 31.1 Å². The largest absolute Gasteiger partial charge is 0.493 e. The van der Waals surface area contributed by atoms with Crippen LogP contribution in [0.1, 0.15) is 58.1 Å². The average molecular weight is 532 g/mol. The Labute approximate surface area is 222 Å². The van der Waals surface area contributed by atoms with Crippen molar-refractivity contribution in [1.29, 1.82) is 0 Å². The number of fused-ring (bicyclic) bond motifs is 2. The summed E-state index contributed by atoms with van der Waals surface area (Å²) in [6.07, 6.45) is 2.07. The third-order valence-electron chi connectivity index (χ3n) is 7.71. The van der Waals surface area contributed by atoms with Crippen LogP contribution in [0.15, 0.2) is 24.3 Å². The van der Waals surface area contributed by atoms with Gasteiger partial charge in [-0.2, -0.15) is 0 Å². The minimum atomic E-state index is -2.12. The normalized spacial score (nSPS) is 26.3. The van der Waals surface area contributed by atoms with E-state index in [0.717, 1.165) is 11.3 Å². The van der Waals surface area contributed by atoms with Gasteiger partial charge in [0.1, 0.15) is 17.8 Å². The molecular weight excluding hydrogens is 493 g/mol. The summed E-state index contributed by atoms with van der Waals surface area (Å²) in [5, 5.41) is 8.68. The molecule has 3 heterocycles. The van der Waals surface area contributed by atoms with Crippen LogP contribution < -0.4 is 20.7 Å². The van der Waals surface area contributed by atoms with Crippen molar-refractivity contribution < 1.29 is 28.3 Å². The number of benzene rings is 1. The van der Waals surface area contributed by atoms with Gasteiger partial charge in [-0.05, 0) is 53.1 Å². The van der Waals surface area contributed by atoms with Crippen molar-refractivity contribution in [2.45, 2.75) is 82.3 Å². The van der Waals surface area contributed by atoms with Crippen LogP contribution in [-0.4, -0.2) is 90.0 Å². The van der Waals surface area contributed by atoms with Crippen molar-refractivity contribution in [3.05, 3.63) is 29.8 Å². The molecule has 4 rings (SSSR count). The fraction of sp³-hybridized carbons (Fsp3) is 0.630. The lowest BCUT2D eigenvalue weighted by Gasteiger charge is -2.40. The topological polar surface area (TPSA) is 120 Å². The smallest absolute Gasteiger partial charge is 0.259 e. The maximum Gasteiger partial charge on any atom is 0.259 e. The fourth-order valence-electron chi connectivity index (χ4n) is 5.49. The molecule has 208 valence electrons. The Kier molecular flexibility index (Phi) is 8.25. The number of carbonyl (C=O) groups excluding carboxylic acids is 4. The van der Waals surface area contributed by atoms with Crippen LogP contribution in [0.3, 0.4) is 0 Å². The van der Waals surface area contributed by atoms with Crippen LogP contribution in [0.25, 0.3) is 0 Å². The van der Waals surface area contributed by atoms with E-state index in [2.05, 4.69) is 16.0 Å². The lowest BCUT2D eigenvalue weighted by molar-refractivity contribution is -0.150. The van der Waals surface area contributed by atoms with Gasteiger partial charge in [0, 0.05) is 24.6 Å². The Hall–Kier alpha value is -3.21. The molecule has 1 aromatic rings. The third kappa shape index (κ3) is 5.77. The molecule has 0 saturated carbocycles. The second kappa shape index (κ2) is 11.3. The first-order chi connectivity index (χ1) is 18.0. The molecule has 4 amide bonds. The van der Waals surface area contributed by atoms with E-state index < -0.39 is 41.5 Å². The molecular formula is C27H38FN5O5. The molecule has 0 aliphatic carbocycles. The van der Waals surface area contributed by atoms with Gasteiger partial charge in [-0.15, -0.1) is 0 Å². The highest BCUT2D eigenvalue weighted by Crippen LogP contribution is 2.34. The summed E-state index contributed by atoms with van der Waals surface area (Å²) in [6, 6.07) is 4.63. The molecule has 0 aromatic heterocycles. The molecule has 38 heavy (non-hydrogen) atoms. The maximum absolute atomic E-state index is 14.6. The van der Waals surface area contributed by atoms with Crippen LogP contribution in [0.4, 0.5) is 4.39 Å². The van der Waals surface area contributed by atoms with Crippen molar-refractivity contribution in [1.82, 2.24) is 25.8 Å². The van der Waals surface area contributed by atoms with Gasteiger partial charge in [0.2, 0.25) is 17.7 Å². The molecule has 10 nitrogen and oxygen atoms in total. The predicted octanol–water partition coefficient (Wildman–Crippen LogP) is 1.06. The van der Waals surface area contributed by atoms with E-state index in [0.29, 0.717) is 32.3 Å². The molecule has 3 aliphatic heterocycles. The van der Waals surface area contributed by atoms with Gasteiger partial charge in [0.15, 0.2) is 5.67 Å². The zero-order chi connectivity index (χ0) is 27.6. The van der Waals surface area contributed by atoms with E-state index >= 15 is 0 Å². The first-order valence-electron chi connectivity index (χ1n) is 13.3. The maximum atomic E-state index is 14.6. The number of nitrogens with one attached hydrogen (secondary N) is 3. The standard InChI is InChI=1S/C27H38FN5O5/c1-16(29-4)23(34)31-20-15-32(26(37)27(2,3)28)13-11-17-9-10-21(33(17)25(20)36)24(35)30-19-12-14-38-22-8-6-5-7-18(19)22/h5-8,16-17,19-21,29H,9-15H2,1-4H3,(H,30,35)(H,31,34)/t16-,17+,19+,20-,21-/m0/s1. The first kappa shape index (κ1) is 27.8. The van der Waals surface area contributed by atoms with Crippen LogP contribution >= 0.6 is 0 Å². The van der Waals surface area contributed by atoms with Crippen LogP contribution in [-0.2, 0) is 19.2 Å². The number of likely N-dealkylation sites (N-methyl/N-ethyl adjacent to an activating group) is 1. The SMILES string of the molecule is CN[C@@H](C)C(=O)N[C@H]1CN(C(=O)C(C)(C)F)CC[C@H]2CC[C@@H](C(=O)N[C@@H]3CCOc4ccccc43)N2C1=O. The average Bonchev–Trinajstić information content (AvgIpc) is 3.31. The molecule has 11 heteroatoms. The molecule has 5 atom stereocenters. The molecule has 2 fully saturated rings. The molecule has 0 bridgehead atoms. The second-order valence-corrected chi connectivity index (χ2v) is 10.8. The minimum Gasteiger partial charge on any atom is -0.493 e. The molecule has 3 aliphatic rings. The van der Waals surface area contributed by atoms with E-state index in [1.54, 1.807) is 18.9 Å². The van der Waals surface area contributed by atoms with Gasteiger partial charge < -0.3 is 30.5 Å².